The van der Waals surface area contributed by atoms with Gasteiger partial charge in [0.15, 0.2) is 0 Å². The molecule has 0 aliphatic heterocycles. The Bertz CT molecular complexity index is 1710. The summed E-state index contributed by atoms with van der Waals surface area (Å²) in [5, 5.41) is 26.0. The highest BCUT2D eigenvalue weighted by Gasteiger charge is 2.38. The maximum atomic E-state index is 13.4. The third kappa shape index (κ3) is 7.82. The van der Waals surface area contributed by atoms with Gasteiger partial charge in [0, 0.05) is 6.42 Å². The van der Waals surface area contributed by atoms with Crippen LogP contribution in [0.3, 0.4) is 0 Å². The van der Waals surface area contributed by atoms with E-state index in [2.05, 4.69) is 20.6 Å². The van der Waals surface area contributed by atoms with Gasteiger partial charge in [-0.2, -0.15) is 0 Å². The van der Waals surface area contributed by atoms with Gasteiger partial charge in [-0.1, -0.05) is 31.2 Å². The van der Waals surface area contributed by atoms with E-state index in [4.69, 9.17) is 14.6 Å². The van der Waals surface area contributed by atoms with Gasteiger partial charge in [-0.25, -0.2) is 32.4 Å². The van der Waals surface area contributed by atoms with Gasteiger partial charge in [-0.05, 0) is 48.7 Å². The van der Waals surface area contributed by atoms with Crippen molar-refractivity contribution in [2.45, 2.75) is 49.7 Å². The van der Waals surface area contributed by atoms with Crippen LogP contribution in [0, 0.1) is 5.92 Å². The lowest BCUT2D eigenvalue weighted by atomic mass is 9.91. The zero-order chi connectivity index (χ0) is 31.4. The summed E-state index contributed by atoms with van der Waals surface area (Å²) in [7, 11) is -3.92. The van der Waals surface area contributed by atoms with E-state index in [0.29, 0.717) is 33.0 Å². The van der Waals surface area contributed by atoms with Crippen molar-refractivity contribution >= 4 is 43.5 Å². The summed E-state index contributed by atoms with van der Waals surface area (Å²) >= 11 is 0.924. The number of amides is 1. The van der Waals surface area contributed by atoms with Crippen LogP contribution < -0.4 is 19.9 Å². The normalized spacial score (nSPS) is 13.9. The van der Waals surface area contributed by atoms with E-state index in [9.17, 15) is 27.5 Å². The molecule has 0 spiro atoms. The number of hydrogen-bond acceptors (Lipinski definition) is 10. The molecule has 0 fully saturated rings. The van der Waals surface area contributed by atoms with E-state index in [-0.39, 0.29) is 29.9 Å². The molecule has 230 valence electrons. The smallest absolute Gasteiger partial charge is 0.329 e. The number of alkyl halides is 1. The lowest BCUT2D eigenvalue weighted by Crippen LogP contribution is -2.56. The first-order valence-corrected chi connectivity index (χ1v) is 15.5. The number of rotatable bonds is 14. The summed E-state index contributed by atoms with van der Waals surface area (Å²) in [4.78, 5) is 29.7. The topological polar surface area (TPSA) is 189 Å². The first-order valence-electron chi connectivity index (χ1n) is 13.1. The predicted molar refractivity (Wildman–Crippen MR) is 155 cm³/mol. The summed E-state index contributed by atoms with van der Waals surface area (Å²) < 4.78 is 48.3. The number of sulfonamides is 1. The van der Waals surface area contributed by atoms with Gasteiger partial charge in [-0.3, -0.25) is 4.79 Å². The van der Waals surface area contributed by atoms with Gasteiger partial charge in [0.25, 0.3) is 10.0 Å². The number of halogens is 1. The van der Waals surface area contributed by atoms with E-state index < -0.39 is 40.2 Å². The second-order valence-electron chi connectivity index (χ2n) is 10.3. The quantitative estimate of drug-likeness (QED) is 0.186. The second kappa shape index (κ2) is 13.0. The van der Waals surface area contributed by atoms with Crippen molar-refractivity contribution in [1.29, 1.82) is 0 Å². The van der Waals surface area contributed by atoms with Crippen LogP contribution in [-0.2, 0) is 32.6 Å². The van der Waals surface area contributed by atoms with Crippen LogP contribution in [0.15, 0.2) is 53.0 Å². The Morgan fingerprint density at radius 2 is 1.86 bits per heavy atom. The Hall–Kier alpha value is -4.15. The number of benzene rings is 2. The monoisotopic (exact) mass is 634 g/mol. The first-order chi connectivity index (χ1) is 20.3. The number of ether oxygens (including phenoxy) is 2. The van der Waals surface area contributed by atoms with E-state index in [1.807, 2.05) is 0 Å². The Kier molecular flexibility index (Phi) is 9.62. The predicted octanol–water partition coefficient (Wildman–Crippen LogP) is 2.86. The zero-order valence-electron chi connectivity index (χ0n) is 23.6. The minimum absolute atomic E-state index is 0.00330. The van der Waals surface area contributed by atoms with Crippen molar-refractivity contribution in [2.24, 2.45) is 11.1 Å². The van der Waals surface area contributed by atoms with Crippen molar-refractivity contribution in [2.75, 3.05) is 13.3 Å². The minimum atomic E-state index is -3.92. The van der Waals surface area contributed by atoms with Crippen LogP contribution in [0.4, 0.5) is 4.39 Å². The molecule has 2 heterocycles. The minimum Gasteiger partial charge on any atom is -0.491 e. The van der Waals surface area contributed by atoms with Gasteiger partial charge < -0.3 is 19.9 Å². The number of carboxylic acid groups (broad SMARTS) is 1. The summed E-state index contributed by atoms with van der Waals surface area (Å²) in [6.07, 6.45) is 1.53. The molecule has 0 saturated carbocycles. The van der Waals surface area contributed by atoms with E-state index in [1.54, 1.807) is 62.5 Å². The van der Waals surface area contributed by atoms with Crippen LogP contribution in [0.1, 0.15) is 38.1 Å². The van der Waals surface area contributed by atoms with Gasteiger partial charge in [-0.15, -0.1) is 16.4 Å². The highest BCUT2D eigenvalue weighted by atomic mass is 32.2. The zero-order valence-corrected chi connectivity index (χ0v) is 25.2. The number of aromatic nitrogens is 4. The molecule has 0 bridgehead atoms. The number of nitrogens with two attached hydrogens (primary N) is 1. The summed E-state index contributed by atoms with van der Waals surface area (Å²) in [6, 6.07) is 10.5. The summed E-state index contributed by atoms with van der Waals surface area (Å²) in [6.45, 7) is 4.31. The fourth-order valence-corrected chi connectivity index (χ4v) is 5.97. The highest BCUT2D eigenvalue weighted by molar-refractivity contribution is 7.91. The number of carbonyl (C=O) groups excluding carboxylic acids is 1. The number of primary sulfonamides is 1. The number of carbonyl (C=O) groups is 2. The fraction of sp³-hybridized carbons (Fsp3) is 0.370. The molecule has 4 N–H and O–H groups in total. The Morgan fingerprint density at radius 1 is 1.16 bits per heavy atom. The first kappa shape index (κ1) is 31.8. The standard InChI is InChI=1S/C27H31FN6O7S2/c1-16(2)23(24(35)31-27(3,25(36)37)13-17-4-6-19(7-5-17)40-11-10-28)34-14-18(32-33-34)15-41-20-8-9-21-22(12-20)42-26(30-21)43(29,38)39/h4-9,12,14,16,23H,10-11,13,15H2,1-3H3,(H,31,35)(H,36,37)(H2,29,38,39)/t23-,27-/m0/s1. The van der Waals surface area contributed by atoms with Crippen LogP contribution in [0.2, 0.25) is 0 Å². The molecule has 2 aromatic heterocycles. The molecule has 43 heavy (non-hydrogen) atoms. The third-order valence-corrected chi connectivity index (χ3v) is 8.75. The van der Waals surface area contributed by atoms with Crippen molar-refractivity contribution < 1.29 is 37.0 Å². The molecular formula is C27H31FN6O7S2. The Morgan fingerprint density at radius 3 is 2.49 bits per heavy atom. The molecule has 13 nitrogen and oxygen atoms in total. The van der Waals surface area contributed by atoms with Crippen LogP contribution in [0.5, 0.6) is 11.5 Å². The van der Waals surface area contributed by atoms with Crippen molar-refractivity contribution in [3.8, 4) is 11.5 Å². The van der Waals surface area contributed by atoms with Gasteiger partial charge in [0.1, 0.15) is 48.7 Å². The highest BCUT2D eigenvalue weighted by Crippen LogP contribution is 2.29. The lowest BCUT2D eigenvalue weighted by molar-refractivity contribution is -0.147. The Balaban J connectivity index is 1.44. The number of fused-ring (bicyclic) bond motifs is 1. The van der Waals surface area contributed by atoms with Gasteiger partial charge in [0.05, 0.1) is 16.4 Å². The molecule has 16 heteroatoms. The number of nitrogens with one attached hydrogen (secondary N) is 1. The van der Waals surface area contributed by atoms with Gasteiger partial charge >= 0.3 is 5.97 Å². The number of hydrogen-bond donors (Lipinski definition) is 3. The molecule has 0 radical (unpaired) electrons. The molecule has 0 aliphatic rings. The number of carboxylic acids is 1. The average Bonchev–Trinajstić information content (AvgIpc) is 3.58. The molecule has 0 aliphatic carbocycles. The van der Waals surface area contributed by atoms with E-state index in [0.717, 1.165) is 11.3 Å². The third-order valence-electron chi connectivity index (χ3n) is 6.41. The molecular weight excluding hydrogens is 603 g/mol. The number of thiazole rings is 1. The molecule has 1 amide bonds. The SMILES string of the molecule is CC(C)[C@@H](C(=O)N[C@@](C)(Cc1ccc(OCCF)cc1)C(=O)O)n1cc(COc2ccc3nc(S(N)(=O)=O)sc3c2)nn1. The number of aliphatic carboxylic acids is 1. The molecule has 4 aromatic rings. The van der Waals surface area contributed by atoms with Crippen molar-refractivity contribution in [3.05, 3.63) is 59.9 Å². The molecule has 4 rings (SSSR count). The largest absolute Gasteiger partial charge is 0.491 e. The Labute approximate surface area is 250 Å². The van der Waals surface area contributed by atoms with Crippen molar-refractivity contribution in [3.63, 3.8) is 0 Å². The maximum Gasteiger partial charge on any atom is 0.329 e. The molecule has 2 aromatic carbocycles. The van der Waals surface area contributed by atoms with Crippen LogP contribution in [0.25, 0.3) is 10.2 Å². The van der Waals surface area contributed by atoms with E-state index in [1.165, 1.54) is 11.6 Å². The van der Waals surface area contributed by atoms with Crippen LogP contribution >= 0.6 is 11.3 Å². The average molecular weight is 635 g/mol. The number of nitrogens with zero attached hydrogens (tertiary/aromatic N) is 4. The van der Waals surface area contributed by atoms with Crippen molar-refractivity contribution in [1.82, 2.24) is 25.3 Å². The second-order valence-corrected chi connectivity index (χ2v) is 13.1. The maximum absolute atomic E-state index is 13.4. The fourth-order valence-electron chi connectivity index (χ4n) is 4.28. The lowest BCUT2D eigenvalue weighted by Gasteiger charge is -2.30. The van der Waals surface area contributed by atoms with Crippen LogP contribution in [-0.4, -0.2) is 64.2 Å². The molecule has 0 unspecified atom stereocenters. The molecule has 2 atom stereocenters. The molecule has 0 saturated heterocycles. The van der Waals surface area contributed by atoms with E-state index >= 15 is 0 Å². The van der Waals surface area contributed by atoms with Gasteiger partial charge in [0.2, 0.25) is 10.2 Å². The summed E-state index contributed by atoms with van der Waals surface area (Å²) in [5.41, 5.74) is -0.136. The summed E-state index contributed by atoms with van der Waals surface area (Å²) in [5.74, 6) is -1.16.